The van der Waals surface area contributed by atoms with Gasteiger partial charge >= 0.3 is 5.97 Å². The number of anilines is 2. The second-order valence-corrected chi connectivity index (χ2v) is 9.65. The molecule has 0 bridgehead atoms. The lowest BCUT2D eigenvalue weighted by atomic mass is 9.94. The van der Waals surface area contributed by atoms with Gasteiger partial charge in [-0.1, -0.05) is 12.1 Å². The van der Waals surface area contributed by atoms with E-state index in [-0.39, 0.29) is 17.4 Å². The molecule has 3 aromatic rings. The minimum absolute atomic E-state index is 0.00318. The molecule has 38 heavy (non-hydrogen) atoms. The van der Waals surface area contributed by atoms with Crippen LogP contribution < -0.4 is 14.5 Å². The maximum Gasteiger partial charge on any atom is 0.337 e. The van der Waals surface area contributed by atoms with Gasteiger partial charge in [-0.05, 0) is 72.6 Å². The van der Waals surface area contributed by atoms with E-state index >= 15 is 0 Å². The molecule has 3 aromatic carbocycles. The Morgan fingerprint density at radius 2 is 1.66 bits per heavy atom. The highest BCUT2D eigenvalue weighted by Crippen LogP contribution is 2.43. The van der Waals surface area contributed by atoms with Gasteiger partial charge in [-0.25, -0.2) is 4.79 Å². The fourth-order valence-electron chi connectivity index (χ4n) is 4.97. The highest BCUT2D eigenvalue weighted by atomic mass is 16.5. The molecule has 2 unspecified atom stereocenters. The van der Waals surface area contributed by atoms with E-state index < -0.39 is 23.7 Å². The van der Waals surface area contributed by atoms with Crippen molar-refractivity contribution in [2.75, 3.05) is 31.0 Å². The van der Waals surface area contributed by atoms with E-state index in [1.54, 1.807) is 30.3 Å². The zero-order chi connectivity index (χ0) is 27.1. The number of esters is 1. The molecule has 2 aliphatic rings. The van der Waals surface area contributed by atoms with Crippen LogP contribution >= 0.6 is 0 Å². The first-order valence-electron chi connectivity index (χ1n) is 12.3. The minimum Gasteiger partial charge on any atom is -0.507 e. The van der Waals surface area contributed by atoms with Crippen molar-refractivity contribution in [3.8, 4) is 5.75 Å². The molecule has 0 saturated carbocycles. The SMILES string of the molecule is COC(=O)c1ccc(N2C(=O)C(=O)/C(=C(\O)c3ccc4c(c3)CC(C)O4)C2c2ccc(N(C)C)cc2)cc1. The third-order valence-electron chi connectivity index (χ3n) is 6.91. The summed E-state index contributed by atoms with van der Waals surface area (Å²) in [7, 11) is 5.13. The molecule has 5 rings (SSSR count). The first-order valence-corrected chi connectivity index (χ1v) is 12.3. The number of hydrogen-bond donors (Lipinski definition) is 1. The van der Waals surface area contributed by atoms with Crippen molar-refractivity contribution in [2.45, 2.75) is 25.5 Å². The molecule has 194 valence electrons. The number of fused-ring (bicyclic) bond motifs is 1. The second kappa shape index (κ2) is 9.70. The number of hydrogen-bond acceptors (Lipinski definition) is 7. The van der Waals surface area contributed by atoms with Gasteiger partial charge in [-0.2, -0.15) is 0 Å². The van der Waals surface area contributed by atoms with E-state index in [1.807, 2.05) is 50.2 Å². The van der Waals surface area contributed by atoms with Crippen LogP contribution in [0.1, 0.15) is 40.0 Å². The van der Waals surface area contributed by atoms with Crippen LogP contribution in [-0.2, 0) is 20.7 Å². The van der Waals surface area contributed by atoms with Gasteiger partial charge in [0.25, 0.3) is 11.7 Å². The van der Waals surface area contributed by atoms with E-state index in [1.165, 1.54) is 24.1 Å². The normalized spacial score (nSPS) is 19.7. The van der Waals surface area contributed by atoms with Gasteiger partial charge in [0.05, 0.1) is 24.3 Å². The first kappa shape index (κ1) is 25.1. The molecule has 0 aliphatic carbocycles. The molecule has 0 radical (unpaired) electrons. The smallest absolute Gasteiger partial charge is 0.337 e. The van der Waals surface area contributed by atoms with Crippen molar-refractivity contribution in [3.05, 3.63) is 94.6 Å². The van der Waals surface area contributed by atoms with Crippen LogP contribution in [0.5, 0.6) is 5.75 Å². The number of Topliss-reactive ketones (excluding diaryl/α,β-unsaturated/α-hetero) is 1. The summed E-state index contributed by atoms with van der Waals surface area (Å²) in [6.45, 7) is 1.97. The summed E-state index contributed by atoms with van der Waals surface area (Å²) in [6, 6.07) is 18.1. The van der Waals surface area contributed by atoms with Gasteiger partial charge < -0.3 is 19.5 Å². The van der Waals surface area contributed by atoms with Gasteiger partial charge in [-0.15, -0.1) is 0 Å². The van der Waals surface area contributed by atoms with E-state index in [0.717, 1.165) is 17.0 Å². The number of aliphatic hydroxyl groups is 1. The Morgan fingerprint density at radius 1 is 1.00 bits per heavy atom. The summed E-state index contributed by atoms with van der Waals surface area (Å²) >= 11 is 0. The zero-order valence-electron chi connectivity index (χ0n) is 21.6. The highest BCUT2D eigenvalue weighted by Gasteiger charge is 2.47. The quantitative estimate of drug-likeness (QED) is 0.233. The van der Waals surface area contributed by atoms with E-state index in [4.69, 9.17) is 9.47 Å². The average Bonchev–Trinajstić information content (AvgIpc) is 3.43. The van der Waals surface area contributed by atoms with Crippen LogP contribution in [-0.4, -0.2) is 50.1 Å². The fourth-order valence-corrected chi connectivity index (χ4v) is 4.97. The van der Waals surface area contributed by atoms with Crippen molar-refractivity contribution < 1.29 is 29.0 Å². The maximum absolute atomic E-state index is 13.5. The Labute approximate surface area is 220 Å². The number of aliphatic hydroxyl groups excluding tert-OH is 1. The van der Waals surface area contributed by atoms with Crippen molar-refractivity contribution >= 4 is 34.8 Å². The van der Waals surface area contributed by atoms with Crippen molar-refractivity contribution in [1.29, 1.82) is 0 Å². The first-order chi connectivity index (χ1) is 18.2. The number of carbonyl (C=O) groups is 3. The number of benzene rings is 3. The summed E-state index contributed by atoms with van der Waals surface area (Å²) in [6.07, 6.45) is 0.711. The highest BCUT2D eigenvalue weighted by molar-refractivity contribution is 6.51. The summed E-state index contributed by atoms with van der Waals surface area (Å²) in [5.74, 6) is -1.56. The van der Waals surface area contributed by atoms with Crippen LogP contribution in [0.4, 0.5) is 11.4 Å². The molecule has 2 heterocycles. The minimum atomic E-state index is -0.876. The molecule has 0 spiro atoms. The van der Waals surface area contributed by atoms with Crippen LogP contribution in [0.15, 0.2) is 72.3 Å². The molecular weight excluding hydrogens is 484 g/mol. The molecule has 2 atom stereocenters. The lowest BCUT2D eigenvalue weighted by Gasteiger charge is -2.26. The van der Waals surface area contributed by atoms with Crippen molar-refractivity contribution in [3.63, 3.8) is 0 Å². The number of carbonyl (C=O) groups excluding carboxylic acids is 3. The van der Waals surface area contributed by atoms with Crippen LogP contribution in [0.2, 0.25) is 0 Å². The van der Waals surface area contributed by atoms with E-state index in [0.29, 0.717) is 28.8 Å². The Balaban J connectivity index is 1.65. The molecule has 0 aromatic heterocycles. The second-order valence-electron chi connectivity index (χ2n) is 9.65. The van der Waals surface area contributed by atoms with Crippen molar-refractivity contribution in [2.24, 2.45) is 0 Å². The third-order valence-corrected chi connectivity index (χ3v) is 6.91. The molecule has 8 heteroatoms. The number of nitrogens with zero attached hydrogens (tertiary/aromatic N) is 2. The summed E-state index contributed by atoms with van der Waals surface area (Å²) in [4.78, 5) is 42.1. The Bertz CT molecular complexity index is 1460. The molecule has 1 fully saturated rings. The fraction of sp³-hybridized carbons (Fsp3) is 0.233. The topological polar surface area (TPSA) is 96.4 Å². The summed E-state index contributed by atoms with van der Waals surface area (Å²) < 4.78 is 10.5. The van der Waals surface area contributed by atoms with Crippen LogP contribution in [0.3, 0.4) is 0 Å². The number of methoxy groups -OCH3 is 1. The lowest BCUT2D eigenvalue weighted by molar-refractivity contribution is -0.132. The standard InChI is InChI=1S/C30H28N2O6/c1-17-15-21-16-20(9-14-24(21)38-17)27(33)25-26(18-5-10-22(11-6-18)31(2)3)32(29(35)28(25)34)23-12-7-19(8-13-23)30(36)37-4/h5-14,16-17,26,33H,15H2,1-4H3/b27-25-. The Morgan fingerprint density at radius 3 is 2.29 bits per heavy atom. The molecule has 1 N–H and O–H groups in total. The van der Waals surface area contributed by atoms with Gasteiger partial charge in [0.2, 0.25) is 0 Å². The molecule has 1 amide bonds. The van der Waals surface area contributed by atoms with Gasteiger partial charge in [-0.3, -0.25) is 14.5 Å². The zero-order valence-corrected chi connectivity index (χ0v) is 21.6. The Kier molecular flexibility index (Phi) is 6.40. The van der Waals surface area contributed by atoms with E-state index in [9.17, 15) is 19.5 Å². The number of ketones is 1. The number of amides is 1. The van der Waals surface area contributed by atoms with Crippen LogP contribution in [0, 0.1) is 0 Å². The van der Waals surface area contributed by atoms with Crippen molar-refractivity contribution in [1.82, 2.24) is 0 Å². The van der Waals surface area contributed by atoms with E-state index in [2.05, 4.69) is 0 Å². The largest absolute Gasteiger partial charge is 0.507 e. The molecular formula is C30H28N2O6. The maximum atomic E-state index is 13.5. The monoisotopic (exact) mass is 512 g/mol. The predicted octanol–water partition coefficient (Wildman–Crippen LogP) is 4.49. The lowest BCUT2D eigenvalue weighted by Crippen LogP contribution is -2.29. The number of rotatable bonds is 5. The third kappa shape index (κ3) is 4.28. The predicted molar refractivity (Wildman–Crippen MR) is 144 cm³/mol. The molecule has 8 nitrogen and oxygen atoms in total. The van der Waals surface area contributed by atoms with Crippen LogP contribution in [0.25, 0.3) is 5.76 Å². The Hall–Kier alpha value is -4.59. The number of ether oxygens (including phenoxy) is 2. The molecule has 1 saturated heterocycles. The summed E-state index contributed by atoms with van der Waals surface area (Å²) in [5, 5.41) is 11.5. The van der Waals surface area contributed by atoms with Gasteiger partial charge in [0.15, 0.2) is 0 Å². The van der Waals surface area contributed by atoms with Gasteiger partial charge in [0.1, 0.15) is 17.6 Å². The average molecular weight is 513 g/mol. The summed E-state index contributed by atoms with van der Waals surface area (Å²) in [5.41, 5.74) is 3.70. The molecule has 2 aliphatic heterocycles. The van der Waals surface area contributed by atoms with Gasteiger partial charge in [0, 0.05) is 37.5 Å².